The van der Waals surface area contributed by atoms with E-state index in [0.717, 1.165) is 15.7 Å². The summed E-state index contributed by atoms with van der Waals surface area (Å²) in [5.41, 5.74) is 1.76. The lowest BCUT2D eigenvalue weighted by molar-refractivity contribution is -0.133. The number of benzene rings is 1. The molecule has 1 aromatic carbocycles. The molecule has 1 saturated heterocycles. The van der Waals surface area contributed by atoms with E-state index in [1.54, 1.807) is 24.5 Å². The first-order chi connectivity index (χ1) is 12.1. The van der Waals surface area contributed by atoms with Gasteiger partial charge in [-0.25, -0.2) is 0 Å². The first kappa shape index (κ1) is 17.6. The Kier molecular flexibility index (Phi) is 5.81. The highest BCUT2D eigenvalue weighted by Crippen LogP contribution is 2.20. The van der Waals surface area contributed by atoms with E-state index < -0.39 is 0 Å². The molecule has 0 radical (unpaired) electrons. The highest BCUT2D eigenvalue weighted by Gasteiger charge is 2.27. The van der Waals surface area contributed by atoms with Crippen LogP contribution in [0, 0.1) is 5.92 Å². The molecule has 0 aliphatic carbocycles. The van der Waals surface area contributed by atoms with Crippen LogP contribution in [0.15, 0.2) is 53.3 Å². The van der Waals surface area contributed by atoms with Gasteiger partial charge in [-0.1, -0.05) is 28.1 Å². The van der Waals surface area contributed by atoms with E-state index in [9.17, 15) is 9.59 Å². The smallest absolute Gasteiger partial charge is 0.227 e. The van der Waals surface area contributed by atoms with E-state index in [-0.39, 0.29) is 17.7 Å². The third-order valence-corrected chi connectivity index (χ3v) is 4.96. The van der Waals surface area contributed by atoms with Crippen LogP contribution in [-0.4, -0.2) is 34.8 Å². The van der Waals surface area contributed by atoms with E-state index in [2.05, 4.69) is 26.2 Å². The molecule has 1 aliphatic heterocycles. The number of pyridine rings is 1. The third kappa shape index (κ3) is 4.89. The average molecular weight is 402 g/mol. The highest BCUT2D eigenvalue weighted by molar-refractivity contribution is 9.10. The average Bonchev–Trinajstić information content (AvgIpc) is 2.64. The predicted molar refractivity (Wildman–Crippen MR) is 100 cm³/mol. The normalized spacial score (nSPS) is 15.0. The summed E-state index contributed by atoms with van der Waals surface area (Å²) in [6.07, 6.45) is 5.10. The van der Waals surface area contributed by atoms with Gasteiger partial charge in [-0.2, -0.15) is 0 Å². The minimum absolute atomic E-state index is 0.0196. The maximum absolute atomic E-state index is 12.4. The van der Waals surface area contributed by atoms with Gasteiger partial charge in [0, 0.05) is 41.6 Å². The molecule has 0 spiro atoms. The van der Waals surface area contributed by atoms with Crippen LogP contribution in [0.25, 0.3) is 0 Å². The van der Waals surface area contributed by atoms with Gasteiger partial charge in [0.15, 0.2) is 0 Å². The summed E-state index contributed by atoms with van der Waals surface area (Å²) in [6, 6.07) is 11.3. The fourth-order valence-electron chi connectivity index (χ4n) is 2.96. The van der Waals surface area contributed by atoms with Crippen LogP contribution in [0.2, 0.25) is 0 Å². The molecule has 0 saturated carbocycles. The highest BCUT2D eigenvalue weighted by atomic mass is 79.9. The van der Waals surface area contributed by atoms with Gasteiger partial charge in [-0.05, 0) is 42.7 Å². The standard InChI is InChI=1S/C19H20BrN3O2/c20-16-3-1-14(2-4-16)13-18(24)23-11-7-15(8-12-23)19(25)22-17-5-9-21-10-6-17/h1-6,9-10,15H,7-8,11-13H2,(H,21,22,25). The summed E-state index contributed by atoms with van der Waals surface area (Å²) in [5, 5.41) is 2.91. The number of piperidine rings is 1. The SMILES string of the molecule is O=C(Nc1ccncc1)C1CCN(C(=O)Cc2ccc(Br)cc2)CC1. The van der Waals surface area contributed by atoms with Crippen LogP contribution in [-0.2, 0) is 16.0 Å². The van der Waals surface area contributed by atoms with Gasteiger partial charge in [-0.15, -0.1) is 0 Å². The molecule has 2 aromatic rings. The Hall–Kier alpha value is -2.21. The van der Waals surface area contributed by atoms with Crippen LogP contribution < -0.4 is 5.32 Å². The number of hydrogen-bond acceptors (Lipinski definition) is 3. The third-order valence-electron chi connectivity index (χ3n) is 4.43. The maximum atomic E-state index is 12.4. The molecule has 1 N–H and O–H groups in total. The van der Waals surface area contributed by atoms with Gasteiger partial charge >= 0.3 is 0 Å². The number of amides is 2. The monoisotopic (exact) mass is 401 g/mol. The summed E-state index contributed by atoms with van der Waals surface area (Å²) in [4.78, 5) is 30.5. The van der Waals surface area contributed by atoms with Crippen molar-refractivity contribution >= 4 is 33.4 Å². The van der Waals surface area contributed by atoms with E-state index >= 15 is 0 Å². The van der Waals surface area contributed by atoms with Crippen LogP contribution >= 0.6 is 15.9 Å². The zero-order chi connectivity index (χ0) is 17.6. The van der Waals surface area contributed by atoms with Crippen LogP contribution in [0.1, 0.15) is 18.4 Å². The summed E-state index contributed by atoms with van der Waals surface area (Å²) >= 11 is 3.40. The molecule has 6 heteroatoms. The number of hydrogen-bond donors (Lipinski definition) is 1. The topological polar surface area (TPSA) is 62.3 Å². The molecular formula is C19H20BrN3O2. The van der Waals surface area contributed by atoms with Gasteiger partial charge in [0.1, 0.15) is 0 Å². The number of nitrogens with zero attached hydrogens (tertiary/aromatic N) is 2. The van der Waals surface area contributed by atoms with Crippen molar-refractivity contribution in [3.05, 3.63) is 58.8 Å². The van der Waals surface area contributed by atoms with Crippen LogP contribution in [0.4, 0.5) is 5.69 Å². The Morgan fingerprint density at radius 2 is 1.72 bits per heavy atom. The van der Waals surface area contributed by atoms with Gasteiger partial charge in [0.2, 0.25) is 11.8 Å². The fourth-order valence-corrected chi connectivity index (χ4v) is 3.22. The Morgan fingerprint density at radius 1 is 1.08 bits per heavy atom. The molecule has 2 heterocycles. The molecule has 0 atom stereocenters. The summed E-state index contributed by atoms with van der Waals surface area (Å²) in [6.45, 7) is 1.26. The summed E-state index contributed by atoms with van der Waals surface area (Å²) in [7, 11) is 0. The number of rotatable bonds is 4. The van der Waals surface area contributed by atoms with Crippen molar-refractivity contribution in [3.8, 4) is 0 Å². The van der Waals surface area contributed by atoms with Crippen LogP contribution in [0.5, 0.6) is 0 Å². The Morgan fingerprint density at radius 3 is 2.36 bits per heavy atom. The van der Waals surface area contributed by atoms with E-state index in [4.69, 9.17) is 0 Å². The van der Waals surface area contributed by atoms with Crippen molar-refractivity contribution in [2.45, 2.75) is 19.3 Å². The lowest BCUT2D eigenvalue weighted by Gasteiger charge is -2.31. The Balaban J connectivity index is 1.48. The number of nitrogens with one attached hydrogen (secondary N) is 1. The second-order valence-corrected chi connectivity index (χ2v) is 7.10. The molecule has 25 heavy (non-hydrogen) atoms. The quantitative estimate of drug-likeness (QED) is 0.854. The van der Waals surface area contributed by atoms with Crippen molar-refractivity contribution in [2.75, 3.05) is 18.4 Å². The van der Waals surface area contributed by atoms with Crippen molar-refractivity contribution in [1.82, 2.24) is 9.88 Å². The lowest BCUT2D eigenvalue weighted by atomic mass is 9.95. The number of carbonyl (C=O) groups excluding carboxylic acids is 2. The fraction of sp³-hybridized carbons (Fsp3) is 0.316. The first-order valence-corrected chi connectivity index (χ1v) is 9.14. The molecule has 2 amide bonds. The molecule has 1 aliphatic rings. The van der Waals surface area contributed by atoms with Gasteiger partial charge in [0.25, 0.3) is 0 Å². The number of halogens is 1. The minimum Gasteiger partial charge on any atom is -0.342 e. The zero-order valence-electron chi connectivity index (χ0n) is 13.8. The molecule has 1 aromatic heterocycles. The Bertz CT molecular complexity index is 726. The van der Waals surface area contributed by atoms with Crippen molar-refractivity contribution in [3.63, 3.8) is 0 Å². The molecule has 0 unspecified atom stereocenters. The lowest BCUT2D eigenvalue weighted by Crippen LogP contribution is -2.42. The number of aromatic nitrogens is 1. The second-order valence-electron chi connectivity index (χ2n) is 6.18. The number of carbonyl (C=O) groups is 2. The number of anilines is 1. The van der Waals surface area contributed by atoms with Crippen molar-refractivity contribution < 1.29 is 9.59 Å². The molecule has 3 rings (SSSR count). The van der Waals surface area contributed by atoms with Crippen molar-refractivity contribution in [1.29, 1.82) is 0 Å². The molecular weight excluding hydrogens is 382 g/mol. The van der Waals surface area contributed by atoms with Gasteiger partial charge in [-0.3, -0.25) is 14.6 Å². The second kappa shape index (κ2) is 8.25. The zero-order valence-corrected chi connectivity index (χ0v) is 15.4. The number of likely N-dealkylation sites (tertiary alicyclic amines) is 1. The Labute approximate surface area is 155 Å². The van der Waals surface area contributed by atoms with Gasteiger partial charge in [0.05, 0.1) is 6.42 Å². The summed E-state index contributed by atoms with van der Waals surface area (Å²) < 4.78 is 1.00. The van der Waals surface area contributed by atoms with E-state index in [1.807, 2.05) is 29.2 Å². The van der Waals surface area contributed by atoms with Crippen LogP contribution in [0.3, 0.4) is 0 Å². The predicted octanol–water partition coefficient (Wildman–Crippen LogP) is 3.26. The van der Waals surface area contributed by atoms with Gasteiger partial charge < -0.3 is 10.2 Å². The molecule has 0 bridgehead atoms. The van der Waals surface area contributed by atoms with E-state index in [1.165, 1.54) is 0 Å². The molecule has 5 nitrogen and oxygen atoms in total. The van der Waals surface area contributed by atoms with E-state index in [0.29, 0.717) is 32.4 Å². The molecule has 130 valence electrons. The summed E-state index contributed by atoms with van der Waals surface area (Å²) in [5.74, 6) is 0.0893. The largest absolute Gasteiger partial charge is 0.342 e. The van der Waals surface area contributed by atoms with Crippen molar-refractivity contribution in [2.24, 2.45) is 5.92 Å². The molecule has 1 fully saturated rings. The minimum atomic E-state index is -0.0510. The first-order valence-electron chi connectivity index (χ1n) is 8.35. The maximum Gasteiger partial charge on any atom is 0.227 e.